The standard InChI is InChI=1S/C13H26N2O2/c1-13(2,3)17-12(16)15-9-10-7-5-6-8-11(10)14-4/h10-11,14H,5-9H2,1-4H3,(H,15,16). The van der Waals surface area contributed by atoms with Crippen molar-refractivity contribution in [2.45, 2.75) is 58.1 Å². The van der Waals surface area contributed by atoms with E-state index in [9.17, 15) is 4.79 Å². The maximum atomic E-state index is 11.5. The minimum atomic E-state index is -0.418. The lowest BCUT2D eigenvalue weighted by Crippen LogP contribution is -2.43. The smallest absolute Gasteiger partial charge is 0.407 e. The van der Waals surface area contributed by atoms with Crippen LogP contribution >= 0.6 is 0 Å². The maximum Gasteiger partial charge on any atom is 0.407 e. The maximum absolute atomic E-state index is 11.5. The highest BCUT2D eigenvalue weighted by atomic mass is 16.6. The number of nitrogens with one attached hydrogen (secondary N) is 2. The van der Waals surface area contributed by atoms with E-state index < -0.39 is 5.60 Å². The molecule has 4 heteroatoms. The number of carbonyl (C=O) groups is 1. The predicted octanol–water partition coefficient (Wildman–Crippen LogP) is 2.29. The van der Waals surface area contributed by atoms with Gasteiger partial charge in [0.05, 0.1) is 0 Å². The Labute approximate surface area is 104 Å². The van der Waals surface area contributed by atoms with Crippen molar-refractivity contribution in [2.24, 2.45) is 5.92 Å². The van der Waals surface area contributed by atoms with Crippen LogP contribution in [0.5, 0.6) is 0 Å². The van der Waals surface area contributed by atoms with Gasteiger partial charge in [-0.15, -0.1) is 0 Å². The molecule has 1 fully saturated rings. The number of amides is 1. The summed E-state index contributed by atoms with van der Waals surface area (Å²) in [5, 5.41) is 6.21. The van der Waals surface area contributed by atoms with Crippen LogP contribution in [-0.2, 0) is 4.74 Å². The van der Waals surface area contributed by atoms with E-state index in [2.05, 4.69) is 10.6 Å². The van der Waals surface area contributed by atoms with E-state index >= 15 is 0 Å². The fourth-order valence-corrected chi connectivity index (χ4v) is 2.36. The Balaban J connectivity index is 2.31. The zero-order valence-corrected chi connectivity index (χ0v) is 11.5. The molecule has 0 spiro atoms. The van der Waals surface area contributed by atoms with Crippen LogP contribution < -0.4 is 10.6 Å². The Kier molecular flexibility index (Phi) is 5.25. The highest BCUT2D eigenvalue weighted by Crippen LogP contribution is 2.23. The lowest BCUT2D eigenvalue weighted by atomic mass is 9.84. The molecule has 2 N–H and O–H groups in total. The quantitative estimate of drug-likeness (QED) is 0.798. The second kappa shape index (κ2) is 6.24. The van der Waals surface area contributed by atoms with Crippen molar-refractivity contribution in [3.8, 4) is 0 Å². The van der Waals surface area contributed by atoms with Crippen LogP contribution in [0.2, 0.25) is 0 Å². The molecule has 0 bridgehead atoms. The van der Waals surface area contributed by atoms with Crippen LogP contribution in [0.15, 0.2) is 0 Å². The predicted molar refractivity (Wildman–Crippen MR) is 69.0 cm³/mol. The number of ether oxygens (including phenoxy) is 1. The van der Waals surface area contributed by atoms with Gasteiger partial charge in [0, 0.05) is 12.6 Å². The van der Waals surface area contributed by atoms with E-state index in [1.54, 1.807) is 0 Å². The number of hydrogen-bond donors (Lipinski definition) is 2. The Bertz CT molecular complexity index is 248. The van der Waals surface area contributed by atoms with Gasteiger partial charge in [0.15, 0.2) is 0 Å². The van der Waals surface area contributed by atoms with E-state index in [0.717, 1.165) is 0 Å². The SMILES string of the molecule is CNC1CCCCC1CNC(=O)OC(C)(C)C. The molecule has 1 aliphatic rings. The second-order valence-corrected chi connectivity index (χ2v) is 5.82. The number of alkyl carbamates (subject to hydrolysis) is 1. The Hall–Kier alpha value is -0.770. The first-order valence-corrected chi connectivity index (χ1v) is 6.56. The minimum Gasteiger partial charge on any atom is -0.444 e. The molecule has 0 aliphatic heterocycles. The Morgan fingerprint density at radius 3 is 2.53 bits per heavy atom. The lowest BCUT2D eigenvalue weighted by molar-refractivity contribution is 0.0511. The summed E-state index contributed by atoms with van der Waals surface area (Å²) in [7, 11) is 2.00. The second-order valence-electron chi connectivity index (χ2n) is 5.82. The molecule has 4 nitrogen and oxygen atoms in total. The molecule has 0 aromatic heterocycles. The van der Waals surface area contributed by atoms with Crippen LogP contribution in [-0.4, -0.2) is 31.3 Å². The van der Waals surface area contributed by atoms with Crippen LogP contribution in [0.25, 0.3) is 0 Å². The fraction of sp³-hybridized carbons (Fsp3) is 0.923. The van der Waals surface area contributed by atoms with E-state index in [1.165, 1.54) is 25.7 Å². The third kappa shape index (κ3) is 5.39. The average molecular weight is 242 g/mol. The van der Waals surface area contributed by atoms with Gasteiger partial charge in [-0.3, -0.25) is 0 Å². The van der Waals surface area contributed by atoms with Crippen molar-refractivity contribution in [3.63, 3.8) is 0 Å². The summed E-state index contributed by atoms with van der Waals surface area (Å²) in [5.74, 6) is 0.529. The largest absolute Gasteiger partial charge is 0.444 e. The number of hydrogen-bond acceptors (Lipinski definition) is 3. The van der Waals surface area contributed by atoms with Crippen molar-refractivity contribution in [1.29, 1.82) is 0 Å². The topological polar surface area (TPSA) is 50.4 Å². The summed E-state index contributed by atoms with van der Waals surface area (Å²) in [5.41, 5.74) is -0.418. The molecule has 1 saturated carbocycles. The highest BCUT2D eigenvalue weighted by Gasteiger charge is 2.24. The Morgan fingerprint density at radius 2 is 1.94 bits per heavy atom. The van der Waals surface area contributed by atoms with Gasteiger partial charge in [-0.2, -0.15) is 0 Å². The zero-order valence-electron chi connectivity index (χ0n) is 11.5. The lowest BCUT2D eigenvalue weighted by Gasteiger charge is -2.31. The summed E-state index contributed by atoms with van der Waals surface area (Å²) < 4.78 is 5.23. The molecule has 100 valence electrons. The first-order chi connectivity index (χ1) is 7.92. The molecule has 17 heavy (non-hydrogen) atoms. The van der Waals surface area contributed by atoms with Crippen LogP contribution in [0.3, 0.4) is 0 Å². The molecule has 0 aromatic rings. The van der Waals surface area contributed by atoms with Gasteiger partial charge in [0.1, 0.15) is 5.60 Å². The van der Waals surface area contributed by atoms with Crippen LogP contribution in [0.1, 0.15) is 46.5 Å². The highest BCUT2D eigenvalue weighted by molar-refractivity contribution is 5.67. The molecular formula is C13H26N2O2. The van der Waals surface area contributed by atoms with Gasteiger partial charge in [0.2, 0.25) is 0 Å². The van der Waals surface area contributed by atoms with Crippen molar-refractivity contribution < 1.29 is 9.53 Å². The molecular weight excluding hydrogens is 216 g/mol. The summed E-state index contributed by atoms with van der Waals surface area (Å²) >= 11 is 0. The van der Waals surface area contributed by atoms with Crippen LogP contribution in [0.4, 0.5) is 4.79 Å². The molecule has 2 atom stereocenters. The van der Waals surface area contributed by atoms with Crippen LogP contribution in [0, 0.1) is 5.92 Å². The first-order valence-electron chi connectivity index (χ1n) is 6.56. The average Bonchev–Trinajstić information content (AvgIpc) is 2.24. The van der Waals surface area contributed by atoms with Crippen molar-refractivity contribution in [2.75, 3.05) is 13.6 Å². The van der Waals surface area contributed by atoms with Gasteiger partial charge in [0.25, 0.3) is 0 Å². The fourth-order valence-electron chi connectivity index (χ4n) is 2.36. The minimum absolute atomic E-state index is 0.307. The molecule has 1 aliphatic carbocycles. The van der Waals surface area contributed by atoms with Crippen molar-refractivity contribution in [3.05, 3.63) is 0 Å². The van der Waals surface area contributed by atoms with E-state index in [4.69, 9.17) is 4.74 Å². The van der Waals surface area contributed by atoms with Crippen molar-refractivity contribution in [1.82, 2.24) is 10.6 Å². The molecule has 1 rings (SSSR count). The normalized spacial score (nSPS) is 25.4. The van der Waals surface area contributed by atoms with E-state index in [0.29, 0.717) is 18.5 Å². The number of rotatable bonds is 3. The van der Waals surface area contributed by atoms with Gasteiger partial charge < -0.3 is 15.4 Å². The molecule has 0 saturated heterocycles. The van der Waals surface area contributed by atoms with Gasteiger partial charge in [-0.05, 0) is 46.6 Å². The monoisotopic (exact) mass is 242 g/mol. The van der Waals surface area contributed by atoms with Gasteiger partial charge in [-0.1, -0.05) is 12.8 Å². The van der Waals surface area contributed by atoms with Gasteiger partial charge >= 0.3 is 6.09 Å². The summed E-state index contributed by atoms with van der Waals surface area (Å²) in [6.07, 6.45) is 4.63. The molecule has 1 amide bonds. The van der Waals surface area contributed by atoms with Gasteiger partial charge in [-0.25, -0.2) is 4.79 Å². The summed E-state index contributed by atoms with van der Waals surface area (Å²) in [6, 6.07) is 0.527. The third-order valence-electron chi connectivity index (χ3n) is 3.19. The van der Waals surface area contributed by atoms with Crippen molar-refractivity contribution >= 4 is 6.09 Å². The summed E-state index contributed by atoms with van der Waals surface area (Å²) in [6.45, 7) is 6.34. The molecule has 0 aromatic carbocycles. The number of carbonyl (C=O) groups excluding carboxylic acids is 1. The molecule has 0 radical (unpaired) electrons. The molecule has 2 unspecified atom stereocenters. The third-order valence-corrected chi connectivity index (χ3v) is 3.19. The first kappa shape index (κ1) is 14.3. The molecule has 0 heterocycles. The Morgan fingerprint density at radius 1 is 1.29 bits per heavy atom. The van der Waals surface area contributed by atoms with E-state index in [-0.39, 0.29) is 6.09 Å². The zero-order chi connectivity index (χ0) is 12.9. The summed E-state index contributed by atoms with van der Waals surface area (Å²) in [4.78, 5) is 11.5. The van der Waals surface area contributed by atoms with E-state index in [1.807, 2.05) is 27.8 Å².